The lowest BCUT2D eigenvalue weighted by Crippen LogP contribution is -1.92. The topological polar surface area (TPSA) is 83.3 Å². The van der Waals surface area contributed by atoms with Crippen LogP contribution in [0.15, 0.2) is 17.0 Å². The molecule has 0 aliphatic carbocycles. The molecule has 0 bridgehead atoms. The molecule has 7 heteroatoms. The molecule has 0 aliphatic rings. The zero-order valence-corrected chi connectivity index (χ0v) is 8.36. The first-order valence-corrected chi connectivity index (χ1v) is 5.58. The van der Waals surface area contributed by atoms with Crippen molar-refractivity contribution in [1.82, 2.24) is 9.97 Å². The molecule has 0 spiro atoms. The fourth-order valence-corrected chi connectivity index (χ4v) is 1.61. The molecule has 66 valence electrons. The summed E-state index contributed by atoms with van der Waals surface area (Å²) in [6, 6.07) is 1.46. The lowest BCUT2D eigenvalue weighted by atomic mass is 10.5. The third-order valence-corrected chi connectivity index (χ3v) is 2.17. The van der Waals surface area contributed by atoms with Crippen molar-refractivity contribution in [2.45, 2.75) is 6.16 Å². The minimum atomic E-state index is -4.02. The van der Waals surface area contributed by atoms with E-state index in [1.807, 2.05) is 0 Å². The second kappa shape index (κ2) is 3.62. The first kappa shape index (κ1) is 9.80. The van der Waals surface area contributed by atoms with Gasteiger partial charge in [0.2, 0.25) is 0 Å². The number of rotatable bonds is 2. The fraction of sp³-hybridized carbons (Fsp3) is 0.200. The van der Waals surface area contributed by atoms with Crippen LogP contribution in [0.3, 0.4) is 0 Å². The third kappa shape index (κ3) is 3.40. The molecule has 0 atom stereocenters. The van der Waals surface area contributed by atoms with Crippen LogP contribution < -0.4 is 0 Å². The van der Waals surface area contributed by atoms with Gasteiger partial charge in [0.1, 0.15) is 0 Å². The molecule has 0 aromatic carbocycles. The molecule has 12 heavy (non-hydrogen) atoms. The van der Waals surface area contributed by atoms with E-state index in [4.69, 9.17) is 9.79 Å². The van der Waals surface area contributed by atoms with Crippen LogP contribution in [-0.2, 0) is 10.7 Å². The van der Waals surface area contributed by atoms with Gasteiger partial charge in [0.15, 0.2) is 4.73 Å². The van der Waals surface area contributed by atoms with Gasteiger partial charge >= 0.3 is 7.60 Å². The Morgan fingerprint density at radius 2 is 2.25 bits per heavy atom. The Kier molecular flexibility index (Phi) is 2.95. The highest BCUT2D eigenvalue weighted by atomic mass is 79.9. The average molecular weight is 253 g/mol. The van der Waals surface area contributed by atoms with Crippen LogP contribution in [0.25, 0.3) is 0 Å². The Hall–Kier alpha value is -0.290. The van der Waals surface area contributed by atoms with Crippen molar-refractivity contribution in [3.05, 3.63) is 22.7 Å². The second-order valence-electron chi connectivity index (χ2n) is 2.14. The van der Waals surface area contributed by atoms with Crippen molar-refractivity contribution in [1.29, 1.82) is 0 Å². The highest BCUT2D eigenvalue weighted by Gasteiger charge is 2.14. The summed E-state index contributed by atoms with van der Waals surface area (Å²) >= 11 is 2.99. The lowest BCUT2D eigenvalue weighted by Gasteiger charge is -2.01. The molecule has 2 N–H and O–H groups in total. The van der Waals surface area contributed by atoms with Crippen LogP contribution in [0.1, 0.15) is 5.69 Å². The van der Waals surface area contributed by atoms with Gasteiger partial charge in [-0.2, -0.15) is 0 Å². The number of halogens is 1. The Morgan fingerprint density at radius 3 is 2.75 bits per heavy atom. The predicted octanol–water partition coefficient (Wildman–Crippen LogP) is 0.917. The molecule has 0 unspecified atom stereocenters. The van der Waals surface area contributed by atoms with Gasteiger partial charge in [-0.3, -0.25) is 4.57 Å². The first-order valence-electron chi connectivity index (χ1n) is 2.99. The summed E-state index contributed by atoms with van der Waals surface area (Å²) in [5.74, 6) is 0. The first-order chi connectivity index (χ1) is 5.47. The van der Waals surface area contributed by atoms with E-state index in [0.29, 0.717) is 10.4 Å². The molecular formula is C5H6BrN2O3P. The quantitative estimate of drug-likeness (QED) is 0.604. The van der Waals surface area contributed by atoms with E-state index in [2.05, 4.69) is 25.9 Å². The Bertz CT molecular complexity index is 326. The molecule has 0 amide bonds. The van der Waals surface area contributed by atoms with Crippen LogP contribution in [0.4, 0.5) is 0 Å². The zero-order chi connectivity index (χ0) is 9.19. The van der Waals surface area contributed by atoms with Gasteiger partial charge in [0.05, 0.1) is 11.9 Å². The number of hydrogen-bond donors (Lipinski definition) is 2. The van der Waals surface area contributed by atoms with E-state index < -0.39 is 7.60 Å². The monoisotopic (exact) mass is 252 g/mol. The average Bonchev–Trinajstić information content (AvgIpc) is 1.82. The molecule has 0 fully saturated rings. The molecule has 1 aromatic rings. The number of hydrogen-bond acceptors (Lipinski definition) is 3. The van der Waals surface area contributed by atoms with Crippen molar-refractivity contribution in [2.75, 3.05) is 0 Å². The maximum atomic E-state index is 10.5. The molecule has 1 aromatic heterocycles. The molecule has 0 saturated carbocycles. The van der Waals surface area contributed by atoms with E-state index >= 15 is 0 Å². The van der Waals surface area contributed by atoms with Crippen LogP contribution >= 0.6 is 23.5 Å². The number of nitrogens with zero attached hydrogens (tertiary/aromatic N) is 2. The summed E-state index contributed by atoms with van der Waals surface area (Å²) in [5, 5.41) is 0. The summed E-state index contributed by atoms with van der Waals surface area (Å²) in [4.78, 5) is 24.7. The van der Waals surface area contributed by atoms with Gasteiger partial charge in [0.25, 0.3) is 0 Å². The summed E-state index contributed by atoms with van der Waals surface area (Å²) in [5.41, 5.74) is 0.324. The smallest absolute Gasteiger partial charge is 0.324 e. The van der Waals surface area contributed by atoms with Gasteiger partial charge < -0.3 is 9.79 Å². The maximum absolute atomic E-state index is 10.5. The highest BCUT2D eigenvalue weighted by molar-refractivity contribution is 9.10. The van der Waals surface area contributed by atoms with Crippen molar-refractivity contribution in [2.24, 2.45) is 0 Å². The van der Waals surface area contributed by atoms with Crippen molar-refractivity contribution >= 4 is 23.5 Å². The minimum Gasteiger partial charge on any atom is -0.324 e. The summed E-state index contributed by atoms with van der Waals surface area (Å²) in [7, 11) is -4.02. The Morgan fingerprint density at radius 1 is 1.58 bits per heavy atom. The summed E-state index contributed by atoms with van der Waals surface area (Å²) in [6.07, 6.45) is 1.08. The van der Waals surface area contributed by atoms with Crippen LogP contribution in [0, 0.1) is 0 Å². The Balaban J connectivity index is 2.84. The predicted molar refractivity (Wildman–Crippen MR) is 45.5 cm³/mol. The normalized spacial score (nSPS) is 11.6. The Labute approximate surface area is 77.2 Å². The largest absolute Gasteiger partial charge is 0.331 e. The van der Waals surface area contributed by atoms with Gasteiger partial charge in [-0.25, -0.2) is 9.97 Å². The van der Waals surface area contributed by atoms with Crippen LogP contribution in [0.5, 0.6) is 0 Å². The van der Waals surface area contributed by atoms with E-state index in [-0.39, 0.29) is 6.16 Å². The van der Waals surface area contributed by atoms with Crippen molar-refractivity contribution in [3.63, 3.8) is 0 Å². The standard InChI is InChI=1S/C5H6BrN2O3P/c6-5-7-2-1-4(8-5)3-12(9,10)11/h1-2H,3H2,(H2,9,10,11). The van der Waals surface area contributed by atoms with Crippen LogP contribution in [0.2, 0.25) is 0 Å². The van der Waals surface area contributed by atoms with E-state index in [0.717, 1.165) is 0 Å². The molecule has 5 nitrogen and oxygen atoms in total. The summed E-state index contributed by atoms with van der Waals surface area (Å²) in [6.45, 7) is 0. The van der Waals surface area contributed by atoms with Crippen molar-refractivity contribution in [3.8, 4) is 0 Å². The molecule has 1 heterocycles. The van der Waals surface area contributed by atoms with Gasteiger partial charge in [-0.05, 0) is 22.0 Å². The van der Waals surface area contributed by atoms with E-state index in [9.17, 15) is 4.57 Å². The molecule has 0 radical (unpaired) electrons. The van der Waals surface area contributed by atoms with E-state index in [1.54, 1.807) is 0 Å². The molecule has 1 rings (SSSR count). The maximum Gasteiger partial charge on any atom is 0.331 e. The minimum absolute atomic E-state index is 0.324. The van der Waals surface area contributed by atoms with Crippen LogP contribution in [-0.4, -0.2) is 19.8 Å². The van der Waals surface area contributed by atoms with Crippen molar-refractivity contribution < 1.29 is 14.4 Å². The van der Waals surface area contributed by atoms with Gasteiger partial charge in [0, 0.05) is 6.20 Å². The third-order valence-electron chi connectivity index (χ3n) is 1.05. The summed E-state index contributed by atoms with van der Waals surface area (Å²) < 4.78 is 10.9. The SMILES string of the molecule is O=P(O)(O)Cc1ccnc(Br)n1. The second-order valence-corrected chi connectivity index (χ2v) is 4.49. The number of aromatic nitrogens is 2. The van der Waals surface area contributed by atoms with E-state index in [1.165, 1.54) is 12.3 Å². The molecule has 0 saturated heterocycles. The zero-order valence-electron chi connectivity index (χ0n) is 5.88. The fourth-order valence-electron chi connectivity index (χ4n) is 0.669. The van der Waals surface area contributed by atoms with Gasteiger partial charge in [-0.1, -0.05) is 0 Å². The highest BCUT2D eigenvalue weighted by Crippen LogP contribution is 2.38. The lowest BCUT2D eigenvalue weighted by molar-refractivity contribution is 0.371. The molecular weight excluding hydrogens is 247 g/mol. The van der Waals surface area contributed by atoms with Gasteiger partial charge in [-0.15, -0.1) is 0 Å². The molecule has 0 aliphatic heterocycles.